The second-order valence-electron chi connectivity index (χ2n) is 4.39. The molecule has 1 aromatic heterocycles. The van der Waals surface area contributed by atoms with Crippen LogP contribution in [0.1, 0.15) is 44.1 Å². The summed E-state index contributed by atoms with van der Waals surface area (Å²) in [6.07, 6.45) is -3.66. The first-order valence-corrected chi connectivity index (χ1v) is 6.48. The van der Waals surface area contributed by atoms with Crippen LogP contribution >= 0.6 is 11.6 Å². The first-order chi connectivity index (χ1) is 8.83. The molecule has 0 spiro atoms. The Labute approximate surface area is 115 Å². The minimum Gasteiger partial charge on any atom is -0.490 e. The zero-order valence-electron chi connectivity index (χ0n) is 10.8. The molecule has 7 heteroatoms. The van der Waals surface area contributed by atoms with Gasteiger partial charge in [-0.25, -0.2) is 9.97 Å². The Morgan fingerprint density at radius 1 is 1.37 bits per heavy atom. The molecule has 0 N–H and O–H groups in total. The van der Waals surface area contributed by atoms with Crippen LogP contribution in [0.15, 0.2) is 6.20 Å². The fourth-order valence-electron chi connectivity index (χ4n) is 1.37. The van der Waals surface area contributed by atoms with E-state index in [1.54, 1.807) is 0 Å². The lowest BCUT2D eigenvalue weighted by Gasteiger charge is -2.12. The van der Waals surface area contributed by atoms with Gasteiger partial charge in [0.25, 0.3) is 0 Å². The summed E-state index contributed by atoms with van der Waals surface area (Å²) >= 11 is 5.74. The Kier molecular flexibility index (Phi) is 5.85. The van der Waals surface area contributed by atoms with E-state index in [1.165, 1.54) is 6.20 Å². The molecule has 0 saturated carbocycles. The standard InChI is InChI=1S/C12H16ClF3N2O/c1-8(2)11-17-7-10(9(6-13)18-11)19-5-3-4-12(14,15)16/h7-8H,3-6H2,1-2H3. The summed E-state index contributed by atoms with van der Waals surface area (Å²) in [5.74, 6) is 1.28. The van der Waals surface area contributed by atoms with Gasteiger partial charge in [0.05, 0.1) is 18.7 Å². The van der Waals surface area contributed by atoms with E-state index in [-0.39, 0.29) is 24.8 Å². The van der Waals surface area contributed by atoms with E-state index >= 15 is 0 Å². The Morgan fingerprint density at radius 3 is 2.58 bits per heavy atom. The lowest BCUT2D eigenvalue weighted by Crippen LogP contribution is -2.11. The maximum absolute atomic E-state index is 12.0. The minimum absolute atomic E-state index is 0.0339. The molecule has 0 amide bonds. The monoisotopic (exact) mass is 296 g/mol. The van der Waals surface area contributed by atoms with Gasteiger partial charge in [0.1, 0.15) is 11.5 Å². The van der Waals surface area contributed by atoms with Gasteiger partial charge >= 0.3 is 6.18 Å². The summed E-state index contributed by atoms with van der Waals surface area (Å²) in [5, 5.41) is 0. The molecular formula is C12H16ClF3N2O. The van der Waals surface area contributed by atoms with Gasteiger partial charge in [-0.05, 0) is 6.42 Å². The van der Waals surface area contributed by atoms with E-state index in [9.17, 15) is 13.2 Å². The average Bonchev–Trinajstić information content (AvgIpc) is 2.33. The molecule has 0 aliphatic rings. The molecule has 0 radical (unpaired) electrons. The topological polar surface area (TPSA) is 35.0 Å². The van der Waals surface area contributed by atoms with Gasteiger partial charge < -0.3 is 4.74 Å². The number of aromatic nitrogens is 2. The molecule has 3 nitrogen and oxygen atoms in total. The smallest absolute Gasteiger partial charge is 0.389 e. The van der Waals surface area contributed by atoms with E-state index in [0.717, 1.165) is 0 Å². The van der Waals surface area contributed by atoms with E-state index in [0.29, 0.717) is 17.3 Å². The summed E-state index contributed by atoms with van der Waals surface area (Å²) < 4.78 is 41.2. The number of hydrogen-bond donors (Lipinski definition) is 0. The predicted octanol–water partition coefficient (Wildman–Crippen LogP) is 4.06. The maximum Gasteiger partial charge on any atom is 0.389 e. The van der Waals surface area contributed by atoms with Gasteiger partial charge in [0.15, 0.2) is 5.75 Å². The molecule has 0 saturated heterocycles. The molecule has 0 bridgehead atoms. The Balaban J connectivity index is 2.58. The third kappa shape index (κ3) is 5.63. The summed E-state index contributed by atoms with van der Waals surface area (Å²) in [5.41, 5.74) is 0.507. The van der Waals surface area contributed by atoms with Crippen LogP contribution in [0.2, 0.25) is 0 Å². The van der Waals surface area contributed by atoms with E-state index in [4.69, 9.17) is 16.3 Å². The molecule has 0 atom stereocenters. The second-order valence-corrected chi connectivity index (χ2v) is 4.66. The summed E-state index contributed by atoms with van der Waals surface area (Å²) in [6.45, 7) is 3.85. The lowest BCUT2D eigenvalue weighted by molar-refractivity contribution is -0.136. The number of alkyl halides is 4. The molecule has 0 aromatic carbocycles. The van der Waals surface area contributed by atoms with Crippen molar-refractivity contribution in [3.05, 3.63) is 17.7 Å². The summed E-state index contributed by atoms with van der Waals surface area (Å²) in [6, 6.07) is 0. The van der Waals surface area contributed by atoms with Crippen LogP contribution in [-0.2, 0) is 5.88 Å². The predicted molar refractivity (Wildman–Crippen MR) is 66.5 cm³/mol. The van der Waals surface area contributed by atoms with Crippen LogP contribution in [0.25, 0.3) is 0 Å². The highest BCUT2D eigenvalue weighted by Gasteiger charge is 2.26. The summed E-state index contributed by atoms with van der Waals surface area (Å²) in [4.78, 5) is 8.33. The Hall–Kier alpha value is -1.04. The van der Waals surface area contributed by atoms with Crippen LogP contribution in [-0.4, -0.2) is 22.8 Å². The minimum atomic E-state index is -4.16. The Morgan fingerprint density at radius 2 is 2.05 bits per heavy atom. The summed E-state index contributed by atoms with van der Waals surface area (Å²) in [7, 11) is 0. The van der Waals surface area contributed by atoms with Crippen molar-refractivity contribution >= 4 is 11.6 Å². The SMILES string of the molecule is CC(C)c1ncc(OCCCC(F)(F)F)c(CCl)n1. The maximum atomic E-state index is 12.0. The molecule has 0 unspecified atom stereocenters. The first-order valence-electron chi connectivity index (χ1n) is 5.95. The highest BCUT2D eigenvalue weighted by atomic mass is 35.5. The number of rotatable bonds is 6. The second kappa shape index (κ2) is 6.93. The van der Waals surface area contributed by atoms with E-state index < -0.39 is 12.6 Å². The number of ether oxygens (including phenoxy) is 1. The first kappa shape index (κ1) is 16.0. The van der Waals surface area contributed by atoms with Crippen LogP contribution < -0.4 is 4.74 Å². The molecule has 19 heavy (non-hydrogen) atoms. The van der Waals surface area contributed by atoms with Crippen molar-refractivity contribution in [3.63, 3.8) is 0 Å². The molecule has 1 rings (SSSR count). The largest absolute Gasteiger partial charge is 0.490 e. The van der Waals surface area contributed by atoms with Crippen molar-refractivity contribution in [3.8, 4) is 5.75 Å². The zero-order chi connectivity index (χ0) is 14.5. The van der Waals surface area contributed by atoms with Crippen molar-refractivity contribution in [2.75, 3.05) is 6.61 Å². The molecule has 0 aliphatic heterocycles. The highest BCUT2D eigenvalue weighted by Crippen LogP contribution is 2.23. The van der Waals surface area contributed by atoms with Crippen LogP contribution in [0.3, 0.4) is 0 Å². The van der Waals surface area contributed by atoms with Gasteiger partial charge in [0, 0.05) is 12.3 Å². The van der Waals surface area contributed by atoms with Crippen molar-refractivity contribution in [2.45, 2.75) is 44.7 Å². The van der Waals surface area contributed by atoms with E-state index in [2.05, 4.69) is 9.97 Å². The van der Waals surface area contributed by atoms with Crippen LogP contribution in [0, 0.1) is 0 Å². The number of hydrogen-bond acceptors (Lipinski definition) is 3. The highest BCUT2D eigenvalue weighted by molar-refractivity contribution is 6.17. The Bertz CT molecular complexity index is 410. The van der Waals surface area contributed by atoms with Gasteiger partial charge in [0.2, 0.25) is 0 Å². The van der Waals surface area contributed by atoms with Crippen molar-refractivity contribution in [1.82, 2.24) is 9.97 Å². The van der Waals surface area contributed by atoms with Gasteiger partial charge in [-0.3, -0.25) is 0 Å². The van der Waals surface area contributed by atoms with Gasteiger partial charge in [-0.15, -0.1) is 11.6 Å². The van der Waals surface area contributed by atoms with Crippen LogP contribution in [0.4, 0.5) is 13.2 Å². The van der Waals surface area contributed by atoms with Crippen molar-refractivity contribution in [1.29, 1.82) is 0 Å². The van der Waals surface area contributed by atoms with Crippen molar-refractivity contribution in [2.24, 2.45) is 0 Å². The van der Waals surface area contributed by atoms with E-state index in [1.807, 2.05) is 13.8 Å². The molecule has 0 fully saturated rings. The van der Waals surface area contributed by atoms with Gasteiger partial charge in [-0.1, -0.05) is 13.8 Å². The third-order valence-corrected chi connectivity index (χ3v) is 2.61. The number of nitrogens with zero attached hydrogens (tertiary/aromatic N) is 2. The molecule has 0 aliphatic carbocycles. The van der Waals surface area contributed by atoms with Crippen molar-refractivity contribution < 1.29 is 17.9 Å². The normalized spacial score (nSPS) is 11.9. The zero-order valence-corrected chi connectivity index (χ0v) is 11.6. The quantitative estimate of drug-likeness (QED) is 0.586. The molecule has 108 valence electrons. The number of halogens is 4. The third-order valence-electron chi connectivity index (χ3n) is 2.35. The fraction of sp³-hybridized carbons (Fsp3) is 0.667. The average molecular weight is 297 g/mol. The molecule has 1 heterocycles. The molecule has 1 aromatic rings. The van der Waals surface area contributed by atoms with Gasteiger partial charge in [-0.2, -0.15) is 13.2 Å². The van der Waals surface area contributed by atoms with Crippen LogP contribution in [0.5, 0.6) is 5.75 Å². The fourth-order valence-corrected chi connectivity index (χ4v) is 1.56. The lowest BCUT2D eigenvalue weighted by atomic mass is 10.2. The molecular weight excluding hydrogens is 281 g/mol.